The first-order valence-electron chi connectivity index (χ1n) is 13.1. The highest BCUT2D eigenvalue weighted by Crippen LogP contribution is 2.60. The summed E-state index contributed by atoms with van der Waals surface area (Å²) >= 11 is 0. The molecule has 0 aromatic heterocycles. The van der Waals surface area contributed by atoms with E-state index in [-0.39, 0.29) is 48.4 Å². The summed E-state index contributed by atoms with van der Waals surface area (Å²) in [5.41, 5.74) is -1.81. The van der Waals surface area contributed by atoms with Crippen molar-refractivity contribution in [1.29, 1.82) is 0 Å². The van der Waals surface area contributed by atoms with E-state index in [0.717, 1.165) is 19.3 Å². The van der Waals surface area contributed by atoms with E-state index in [2.05, 4.69) is 39.8 Å². The van der Waals surface area contributed by atoms with Crippen molar-refractivity contribution in [2.45, 2.75) is 90.6 Å². The molecular formula is C27H46O7. The van der Waals surface area contributed by atoms with Gasteiger partial charge < -0.3 is 30.6 Å². The van der Waals surface area contributed by atoms with Crippen LogP contribution in [-0.2, 0) is 4.79 Å². The maximum Gasteiger partial charge on any atom is 0.145 e. The van der Waals surface area contributed by atoms with Crippen molar-refractivity contribution in [3.05, 3.63) is 12.2 Å². The summed E-state index contributed by atoms with van der Waals surface area (Å²) in [4.78, 5) is 14.0. The van der Waals surface area contributed by atoms with Crippen molar-refractivity contribution in [3.8, 4) is 0 Å². The number of carbonyl (C=O) groups is 1. The van der Waals surface area contributed by atoms with E-state index in [0.29, 0.717) is 12.3 Å². The molecule has 6 N–H and O–H groups in total. The van der Waals surface area contributed by atoms with Crippen LogP contribution in [-0.4, -0.2) is 74.1 Å². The first-order chi connectivity index (χ1) is 15.9. The van der Waals surface area contributed by atoms with Crippen LogP contribution in [0.5, 0.6) is 0 Å². The van der Waals surface area contributed by atoms with Crippen molar-refractivity contribution in [1.82, 2.24) is 0 Å². The molecule has 7 nitrogen and oxygen atoms in total. The van der Waals surface area contributed by atoms with E-state index in [4.69, 9.17) is 0 Å². The lowest BCUT2D eigenvalue weighted by molar-refractivity contribution is -0.216. The van der Waals surface area contributed by atoms with Gasteiger partial charge >= 0.3 is 0 Å². The lowest BCUT2D eigenvalue weighted by Gasteiger charge is -2.56. The van der Waals surface area contributed by atoms with Crippen molar-refractivity contribution >= 4 is 5.78 Å². The molecule has 0 spiro atoms. The number of hydrogen-bond donors (Lipinski definition) is 6. The minimum Gasteiger partial charge on any atom is -0.396 e. The fraction of sp³-hybridized carbons (Fsp3) is 0.889. The van der Waals surface area contributed by atoms with Crippen molar-refractivity contribution < 1.29 is 35.4 Å². The molecular weight excluding hydrogens is 436 g/mol. The van der Waals surface area contributed by atoms with Crippen molar-refractivity contribution in [2.75, 3.05) is 13.2 Å². The molecule has 0 bridgehead atoms. The topological polar surface area (TPSA) is 138 Å². The summed E-state index contributed by atoms with van der Waals surface area (Å²) in [5.74, 6) is -0.749. The lowest BCUT2D eigenvalue weighted by Crippen LogP contribution is -2.67. The predicted octanol–water partition coefficient (Wildman–Crippen LogP) is 1.67. The highest BCUT2D eigenvalue weighted by atomic mass is 16.4. The van der Waals surface area contributed by atoms with Gasteiger partial charge in [-0.2, -0.15) is 0 Å². The van der Waals surface area contributed by atoms with Gasteiger partial charge in [-0.05, 0) is 67.6 Å². The summed E-state index contributed by atoms with van der Waals surface area (Å²) in [5, 5.41) is 62.6. The van der Waals surface area contributed by atoms with E-state index in [1.54, 1.807) is 0 Å². The maximum atomic E-state index is 14.0. The molecule has 0 unspecified atom stereocenters. The molecule has 34 heavy (non-hydrogen) atoms. The van der Waals surface area contributed by atoms with Crippen molar-refractivity contribution in [2.24, 2.45) is 46.3 Å². The Morgan fingerprint density at radius 1 is 1.03 bits per heavy atom. The van der Waals surface area contributed by atoms with Crippen LogP contribution < -0.4 is 0 Å². The average Bonchev–Trinajstić information content (AvgIpc) is 3.10. The largest absolute Gasteiger partial charge is 0.396 e. The molecule has 196 valence electrons. The Hall–Kier alpha value is -0.830. The number of allylic oxidation sites excluding steroid dienone is 2. The fourth-order valence-electron chi connectivity index (χ4n) is 7.86. The Morgan fingerprint density at radius 2 is 1.71 bits per heavy atom. The quantitative estimate of drug-likeness (QED) is 0.289. The fourth-order valence-corrected chi connectivity index (χ4v) is 7.86. The summed E-state index contributed by atoms with van der Waals surface area (Å²) in [6.45, 7) is 8.11. The SMILES string of the molecule is CC(C)C/C=C/[C@@H](C)[C@H]1CC[C@@H]([C@@H]2C[C@@H](O)[C@H]3[C@H](O)[C@H](O)[C@H](O)C[C@]3(CO)C2=O)[C@]1(C)CCO. The van der Waals surface area contributed by atoms with Gasteiger partial charge in [0.2, 0.25) is 0 Å². The Kier molecular flexibility index (Phi) is 8.69. The first kappa shape index (κ1) is 27.8. The summed E-state index contributed by atoms with van der Waals surface area (Å²) in [6.07, 6.45) is 2.32. The Labute approximate surface area is 203 Å². The van der Waals surface area contributed by atoms with Crippen LogP contribution in [0.2, 0.25) is 0 Å². The highest BCUT2D eigenvalue weighted by molar-refractivity contribution is 5.89. The van der Waals surface area contributed by atoms with Gasteiger partial charge in [-0.15, -0.1) is 0 Å². The number of ketones is 1. The van der Waals surface area contributed by atoms with Crippen LogP contribution in [0.15, 0.2) is 12.2 Å². The Balaban J connectivity index is 1.92. The number of aliphatic hydroxyl groups excluding tert-OH is 6. The molecule has 11 atom stereocenters. The monoisotopic (exact) mass is 482 g/mol. The Morgan fingerprint density at radius 3 is 2.29 bits per heavy atom. The third-order valence-corrected chi connectivity index (χ3v) is 9.64. The zero-order chi connectivity index (χ0) is 25.4. The second-order valence-electron chi connectivity index (χ2n) is 12.1. The minimum absolute atomic E-state index is 0.00673. The molecule has 3 fully saturated rings. The van der Waals surface area contributed by atoms with Crippen LogP contribution in [0.4, 0.5) is 0 Å². The van der Waals surface area contributed by atoms with E-state index >= 15 is 0 Å². The Bertz CT molecular complexity index is 738. The molecule has 0 aromatic rings. The minimum atomic E-state index is -1.48. The summed E-state index contributed by atoms with van der Waals surface area (Å²) < 4.78 is 0. The van der Waals surface area contributed by atoms with Gasteiger partial charge in [0, 0.05) is 18.4 Å². The van der Waals surface area contributed by atoms with E-state index in [1.165, 1.54) is 0 Å². The zero-order valence-electron chi connectivity index (χ0n) is 21.2. The molecule has 3 rings (SSSR count). The van der Waals surface area contributed by atoms with Crippen LogP contribution in [0.25, 0.3) is 0 Å². The maximum absolute atomic E-state index is 14.0. The number of Topliss-reactive ketones (excluding diaryl/α,β-unsaturated/α-hetero) is 1. The standard InChI is InChI=1S/C27H46O7/c1-15(2)6-5-7-16(3)18-8-9-19(26(18,4)10-11-28)17-12-20(30)22-24(33)23(32)21(31)13-27(22,14-29)25(17)34/h5,7,15-24,28-33H,6,8-14H2,1-4H3/b7-5+/t16-,17+,18-,19+,20-,21-,22+,23-,24+,26-,27-/m1/s1. The summed E-state index contributed by atoms with van der Waals surface area (Å²) in [6, 6.07) is 0. The van der Waals surface area contributed by atoms with Gasteiger partial charge in [0.05, 0.1) is 30.3 Å². The van der Waals surface area contributed by atoms with Crippen LogP contribution in [0.1, 0.15) is 66.2 Å². The van der Waals surface area contributed by atoms with Gasteiger partial charge in [0.25, 0.3) is 0 Å². The predicted molar refractivity (Wildman–Crippen MR) is 129 cm³/mol. The zero-order valence-corrected chi connectivity index (χ0v) is 21.2. The molecule has 3 aliphatic carbocycles. The molecule has 0 heterocycles. The second-order valence-corrected chi connectivity index (χ2v) is 12.1. The molecule has 0 saturated heterocycles. The number of hydrogen-bond acceptors (Lipinski definition) is 7. The van der Waals surface area contributed by atoms with Crippen LogP contribution in [0.3, 0.4) is 0 Å². The van der Waals surface area contributed by atoms with E-state index in [1.807, 2.05) is 0 Å². The molecule has 0 radical (unpaired) electrons. The van der Waals surface area contributed by atoms with Crippen LogP contribution in [0, 0.1) is 46.3 Å². The second kappa shape index (κ2) is 10.7. The van der Waals surface area contributed by atoms with Gasteiger partial charge in [-0.3, -0.25) is 4.79 Å². The number of fused-ring (bicyclic) bond motifs is 1. The first-order valence-corrected chi connectivity index (χ1v) is 13.1. The highest BCUT2D eigenvalue weighted by Gasteiger charge is 2.65. The molecule has 3 saturated carbocycles. The average molecular weight is 483 g/mol. The number of carbonyl (C=O) groups excluding carboxylic acids is 1. The number of aliphatic hydroxyl groups is 6. The van der Waals surface area contributed by atoms with Gasteiger partial charge in [-0.1, -0.05) is 39.8 Å². The van der Waals surface area contributed by atoms with Gasteiger partial charge in [-0.25, -0.2) is 0 Å². The lowest BCUT2D eigenvalue weighted by atomic mass is 9.50. The smallest absolute Gasteiger partial charge is 0.145 e. The molecule has 0 aromatic carbocycles. The van der Waals surface area contributed by atoms with E-state index < -0.39 is 48.3 Å². The molecule has 3 aliphatic rings. The van der Waals surface area contributed by atoms with Gasteiger partial charge in [0.1, 0.15) is 11.9 Å². The third-order valence-electron chi connectivity index (χ3n) is 9.64. The van der Waals surface area contributed by atoms with Crippen molar-refractivity contribution in [3.63, 3.8) is 0 Å². The van der Waals surface area contributed by atoms with E-state index in [9.17, 15) is 35.4 Å². The molecule has 0 aliphatic heterocycles. The molecule has 7 heteroatoms. The normalized spacial score (nSPS) is 46.3. The molecule has 0 amide bonds. The summed E-state index contributed by atoms with van der Waals surface area (Å²) in [7, 11) is 0. The number of rotatable bonds is 8. The van der Waals surface area contributed by atoms with Crippen LogP contribution >= 0.6 is 0 Å². The van der Waals surface area contributed by atoms with Gasteiger partial charge in [0.15, 0.2) is 0 Å². The third kappa shape index (κ3) is 4.64.